The second-order valence-corrected chi connectivity index (χ2v) is 3.39. The maximum absolute atomic E-state index is 10.2. The Labute approximate surface area is 79.6 Å². The van der Waals surface area contributed by atoms with Gasteiger partial charge in [0.1, 0.15) is 0 Å². The first kappa shape index (κ1) is 9.91. The van der Waals surface area contributed by atoms with E-state index in [0.717, 1.165) is 23.1 Å². The molecule has 0 aromatic carbocycles. The molecule has 1 rings (SSSR count). The van der Waals surface area contributed by atoms with Crippen molar-refractivity contribution in [3.63, 3.8) is 0 Å². The molecule has 1 aromatic rings. The van der Waals surface area contributed by atoms with Crippen LogP contribution in [0.2, 0.25) is 0 Å². The average Bonchev–Trinajstić information content (AvgIpc) is 2.07. The molecule has 0 aliphatic carbocycles. The third-order valence-corrected chi connectivity index (χ3v) is 2.22. The molecule has 6 heteroatoms. The molecule has 0 bridgehead atoms. The van der Waals surface area contributed by atoms with Crippen LogP contribution in [0, 0.1) is 13.8 Å². The van der Waals surface area contributed by atoms with Gasteiger partial charge in [0.05, 0.1) is 17.1 Å². The predicted octanol–water partition coefficient (Wildman–Crippen LogP) is 0.665. The van der Waals surface area contributed by atoms with E-state index in [1.54, 1.807) is 6.92 Å². The lowest BCUT2D eigenvalue weighted by atomic mass is 10.4. The van der Waals surface area contributed by atoms with Crippen LogP contribution in [-0.2, 0) is 4.79 Å². The van der Waals surface area contributed by atoms with Gasteiger partial charge in [-0.25, -0.2) is 4.98 Å². The Balaban J connectivity index is 2.68. The number of aryl methyl sites for hydroxylation is 2. The number of aromatic nitrogens is 3. The molecule has 70 valence electrons. The normalized spacial score (nSPS) is 10.0. The highest BCUT2D eigenvalue weighted by molar-refractivity contribution is 7.99. The number of carbonyl (C=O) groups is 1. The van der Waals surface area contributed by atoms with Gasteiger partial charge in [-0.05, 0) is 13.8 Å². The van der Waals surface area contributed by atoms with E-state index in [2.05, 4.69) is 15.2 Å². The minimum absolute atomic E-state index is 0.0375. The molecule has 0 unspecified atom stereocenters. The Hall–Kier alpha value is -1.17. The first-order valence-electron chi connectivity index (χ1n) is 3.62. The minimum atomic E-state index is -0.883. The fourth-order valence-electron chi connectivity index (χ4n) is 0.624. The summed E-state index contributed by atoms with van der Waals surface area (Å²) in [6.45, 7) is 3.62. The maximum Gasteiger partial charge on any atom is 0.313 e. The monoisotopic (exact) mass is 199 g/mol. The van der Waals surface area contributed by atoms with Crippen molar-refractivity contribution >= 4 is 17.7 Å². The van der Waals surface area contributed by atoms with Crippen LogP contribution in [0.15, 0.2) is 5.16 Å². The lowest BCUT2D eigenvalue weighted by molar-refractivity contribution is -0.133. The van der Waals surface area contributed by atoms with Crippen molar-refractivity contribution in [1.29, 1.82) is 0 Å². The van der Waals surface area contributed by atoms with Crippen LogP contribution >= 0.6 is 11.8 Å². The zero-order valence-corrected chi connectivity index (χ0v) is 8.13. The molecular formula is C7H9N3O2S. The lowest BCUT2D eigenvalue weighted by Gasteiger charge is -1.99. The first-order valence-corrected chi connectivity index (χ1v) is 4.60. The van der Waals surface area contributed by atoms with Crippen LogP contribution in [0.5, 0.6) is 0 Å². The molecule has 0 amide bonds. The lowest BCUT2D eigenvalue weighted by Crippen LogP contribution is -2.02. The average molecular weight is 199 g/mol. The van der Waals surface area contributed by atoms with Gasteiger partial charge in [0, 0.05) is 0 Å². The summed E-state index contributed by atoms with van der Waals surface area (Å²) in [5.74, 6) is -0.920. The Bertz CT molecular complexity index is 330. The first-order chi connectivity index (χ1) is 6.09. The van der Waals surface area contributed by atoms with E-state index >= 15 is 0 Å². The Kier molecular flexibility index (Phi) is 3.18. The Morgan fingerprint density at radius 3 is 2.62 bits per heavy atom. The van der Waals surface area contributed by atoms with Crippen molar-refractivity contribution in [3.8, 4) is 0 Å². The highest BCUT2D eigenvalue weighted by Gasteiger charge is 2.04. The molecular weight excluding hydrogens is 190 g/mol. The van der Waals surface area contributed by atoms with Gasteiger partial charge >= 0.3 is 5.97 Å². The summed E-state index contributed by atoms with van der Waals surface area (Å²) in [7, 11) is 0. The van der Waals surface area contributed by atoms with Crippen LogP contribution in [0.4, 0.5) is 0 Å². The molecule has 0 saturated heterocycles. The summed E-state index contributed by atoms with van der Waals surface area (Å²) in [5.41, 5.74) is 1.54. The van der Waals surface area contributed by atoms with Gasteiger partial charge in [-0.3, -0.25) is 4.79 Å². The largest absolute Gasteiger partial charge is 0.481 e. The summed E-state index contributed by atoms with van der Waals surface area (Å²) in [6.07, 6.45) is 0. The molecule has 1 heterocycles. The van der Waals surface area contributed by atoms with E-state index in [0.29, 0.717) is 5.16 Å². The van der Waals surface area contributed by atoms with Crippen molar-refractivity contribution in [2.24, 2.45) is 0 Å². The van der Waals surface area contributed by atoms with Crippen LogP contribution in [0.3, 0.4) is 0 Å². The van der Waals surface area contributed by atoms with E-state index in [-0.39, 0.29) is 5.75 Å². The van der Waals surface area contributed by atoms with Gasteiger partial charge in [-0.2, -0.15) is 5.10 Å². The number of thioether (sulfide) groups is 1. The van der Waals surface area contributed by atoms with Crippen LogP contribution in [-0.4, -0.2) is 32.0 Å². The highest BCUT2D eigenvalue weighted by atomic mass is 32.2. The number of carboxylic acids is 1. The molecule has 0 aliphatic rings. The zero-order chi connectivity index (χ0) is 9.84. The van der Waals surface area contributed by atoms with Crippen molar-refractivity contribution in [3.05, 3.63) is 11.4 Å². The van der Waals surface area contributed by atoms with Crippen LogP contribution in [0.1, 0.15) is 11.4 Å². The number of aliphatic carboxylic acids is 1. The van der Waals surface area contributed by atoms with Crippen LogP contribution < -0.4 is 0 Å². The second kappa shape index (κ2) is 4.18. The van der Waals surface area contributed by atoms with Crippen molar-refractivity contribution in [2.45, 2.75) is 19.0 Å². The second-order valence-electron chi connectivity index (χ2n) is 2.45. The summed E-state index contributed by atoms with van der Waals surface area (Å²) < 4.78 is 0. The van der Waals surface area contributed by atoms with Crippen molar-refractivity contribution < 1.29 is 9.90 Å². The van der Waals surface area contributed by atoms with E-state index in [9.17, 15) is 4.79 Å². The summed E-state index contributed by atoms with van der Waals surface area (Å²) in [6, 6.07) is 0. The molecule has 0 atom stereocenters. The SMILES string of the molecule is Cc1nnc(SCC(=O)O)nc1C. The van der Waals surface area contributed by atoms with Crippen molar-refractivity contribution in [1.82, 2.24) is 15.2 Å². The summed E-state index contributed by atoms with van der Waals surface area (Å²) >= 11 is 1.07. The highest BCUT2D eigenvalue weighted by Crippen LogP contribution is 2.11. The van der Waals surface area contributed by atoms with E-state index in [4.69, 9.17) is 5.11 Å². The van der Waals surface area contributed by atoms with Gasteiger partial charge in [-0.15, -0.1) is 5.10 Å². The number of hydrogen-bond donors (Lipinski definition) is 1. The smallest absolute Gasteiger partial charge is 0.313 e. The predicted molar refractivity (Wildman–Crippen MR) is 47.7 cm³/mol. The Morgan fingerprint density at radius 1 is 1.38 bits per heavy atom. The van der Waals surface area contributed by atoms with Gasteiger partial charge in [0.2, 0.25) is 5.16 Å². The number of nitrogens with zero attached hydrogens (tertiary/aromatic N) is 3. The molecule has 0 radical (unpaired) electrons. The van der Waals surface area contributed by atoms with E-state index < -0.39 is 5.97 Å². The minimum Gasteiger partial charge on any atom is -0.481 e. The standard InChI is InChI=1S/C7H9N3O2S/c1-4-5(2)9-10-7(8-4)13-3-6(11)12/h3H2,1-2H3,(H,11,12). The number of rotatable bonds is 3. The third-order valence-electron chi connectivity index (χ3n) is 1.40. The topological polar surface area (TPSA) is 76.0 Å². The molecule has 0 aliphatic heterocycles. The van der Waals surface area contributed by atoms with Crippen molar-refractivity contribution in [2.75, 3.05) is 5.75 Å². The zero-order valence-electron chi connectivity index (χ0n) is 7.31. The Morgan fingerprint density at radius 2 is 2.08 bits per heavy atom. The molecule has 1 aromatic heterocycles. The number of hydrogen-bond acceptors (Lipinski definition) is 5. The maximum atomic E-state index is 10.2. The molecule has 5 nitrogen and oxygen atoms in total. The molecule has 1 N–H and O–H groups in total. The van der Waals surface area contributed by atoms with Gasteiger partial charge in [0.25, 0.3) is 0 Å². The fourth-order valence-corrected chi connectivity index (χ4v) is 1.18. The van der Waals surface area contributed by atoms with E-state index in [1.807, 2.05) is 6.92 Å². The summed E-state index contributed by atoms with van der Waals surface area (Å²) in [5, 5.41) is 16.4. The quantitative estimate of drug-likeness (QED) is 0.721. The van der Waals surface area contributed by atoms with Crippen LogP contribution in [0.25, 0.3) is 0 Å². The van der Waals surface area contributed by atoms with Gasteiger partial charge in [0.15, 0.2) is 0 Å². The number of carboxylic acid groups (broad SMARTS) is 1. The van der Waals surface area contributed by atoms with Gasteiger partial charge < -0.3 is 5.11 Å². The van der Waals surface area contributed by atoms with E-state index in [1.165, 1.54) is 0 Å². The molecule has 0 fully saturated rings. The molecule has 13 heavy (non-hydrogen) atoms. The third kappa shape index (κ3) is 2.98. The molecule has 0 saturated carbocycles. The fraction of sp³-hybridized carbons (Fsp3) is 0.429. The summed E-state index contributed by atoms with van der Waals surface area (Å²) in [4.78, 5) is 14.3. The van der Waals surface area contributed by atoms with Gasteiger partial charge in [-0.1, -0.05) is 11.8 Å². The molecule has 0 spiro atoms.